The summed E-state index contributed by atoms with van der Waals surface area (Å²) in [4.78, 5) is 21.1. The number of piperidine rings is 1. The number of ether oxygens (including phenoxy) is 1. The first kappa shape index (κ1) is 24.0. The Bertz CT molecular complexity index is 1180. The molecule has 0 bridgehead atoms. The van der Waals surface area contributed by atoms with E-state index in [0.717, 1.165) is 31.7 Å². The Labute approximate surface area is 200 Å². The molecule has 9 nitrogen and oxygen atoms in total. The summed E-state index contributed by atoms with van der Waals surface area (Å²) in [5.41, 5.74) is 7.72. The standard InChI is InChI=1S/C24H31N5O4S/c1-3-28(4-2)24(30)18-10-11-21(26-13-18)29-12-6-7-17(14-29)15-33-20-9-5-8-19-16-34(31,32)27-23(25)22(19)20/h5,8-11,13,17H,3-4,6-7,12,14-16H2,1-2H3,(H2,25,27)/t17-/m0/s1. The summed E-state index contributed by atoms with van der Waals surface area (Å²) in [6.07, 6.45) is 3.68. The number of fused-ring (bicyclic) bond motifs is 1. The van der Waals surface area contributed by atoms with E-state index in [1.807, 2.05) is 26.0 Å². The zero-order chi connectivity index (χ0) is 24.3. The zero-order valence-electron chi connectivity index (χ0n) is 19.6. The number of hydrogen-bond donors (Lipinski definition) is 1. The number of sulfonamides is 1. The number of nitrogens with zero attached hydrogens (tertiary/aromatic N) is 4. The zero-order valence-corrected chi connectivity index (χ0v) is 20.4. The van der Waals surface area contributed by atoms with Crippen molar-refractivity contribution < 1.29 is 17.9 Å². The van der Waals surface area contributed by atoms with E-state index in [9.17, 15) is 13.2 Å². The average Bonchev–Trinajstić information content (AvgIpc) is 2.82. The van der Waals surface area contributed by atoms with Crippen LogP contribution in [0, 0.1) is 5.92 Å². The maximum Gasteiger partial charge on any atom is 0.259 e. The van der Waals surface area contributed by atoms with Gasteiger partial charge < -0.3 is 20.3 Å². The van der Waals surface area contributed by atoms with E-state index in [1.165, 1.54) is 0 Å². The molecule has 34 heavy (non-hydrogen) atoms. The number of aromatic nitrogens is 1. The minimum absolute atomic E-state index is 0.00391. The van der Waals surface area contributed by atoms with Gasteiger partial charge in [0.25, 0.3) is 15.9 Å². The van der Waals surface area contributed by atoms with E-state index in [-0.39, 0.29) is 23.4 Å². The number of anilines is 1. The molecule has 2 aliphatic heterocycles. The second-order valence-corrected chi connectivity index (χ2v) is 10.3. The van der Waals surface area contributed by atoms with Gasteiger partial charge in [0.2, 0.25) is 0 Å². The highest BCUT2D eigenvalue weighted by Gasteiger charge is 2.27. The minimum atomic E-state index is -3.58. The predicted molar refractivity (Wildman–Crippen MR) is 132 cm³/mol. The first-order chi connectivity index (χ1) is 16.3. The minimum Gasteiger partial charge on any atom is -0.492 e. The van der Waals surface area contributed by atoms with Crippen LogP contribution in [-0.2, 0) is 15.8 Å². The van der Waals surface area contributed by atoms with Crippen molar-refractivity contribution in [3.63, 3.8) is 0 Å². The Morgan fingerprint density at radius 2 is 2.03 bits per heavy atom. The van der Waals surface area contributed by atoms with Crippen molar-refractivity contribution in [2.45, 2.75) is 32.4 Å². The number of hydrogen-bond acceptors (Lipinski definition) is 7. The number of rotatable bonds is 7. The third kappa shape index (κ3) is 5.16. The highest BCUT2D eigenvalue weighted by molar-refractivity contribution is 7.89. The Kier molecular flexibility index (Phi) is 7.06. The lowest BCUT2D eigenvalue weighted by Crippen LogP contribution is -2.38. The molecule has 4 rings (SSSR count). The van der Waals surface area contributed by atoms with Gasteiger partial charge in [0.05, 0.1) is 23.5 Å². The van der Waals surface area contributed by atoms with Crippen LogP contribution in [0.4, 0.5) is 5.82 Å². The smallest absolute Gasteiger partial charge is 0.259 e. The number of pyridine rings is 1. The summed E-state index contributed by atoms with van der Waals surface area (Å²) in [5, 5.41) is 0. The van der Waals surface area contributed by atoms with Gasteiger partial charge in [-0.15, -0.1) is 4.40 Å². The van der Waals surface area contributed by atoms with Gasteiger partial charge in [0, 0.05) is 38.3 Å². The molecule has 1 amide bonds. The van der Waals surface area contributed by atoms with Crippen LogP contribution in [0.1, 0.15) is 48.2 Å². The van der Waals surface area contributed by atoms with Crippen LogP contribution in [0.3, 0.4) is 0 Å². The van der Waals surface area contributed by atoms with Gasteiger partial charge in [-0.25, -0.2) is 13.4 Å². The Morgan fingerprint density at radius 1 is 1.24 bits per heavy atom. The van der Waals surface area contributed by atoms with E-state index in [4.69, 9.17) is 10.5 Å². The van der Waals surface area contributed by atoms with Crippen LogP contribution in [-0.4, -0.2) is 62.8 Å². The van der Waals surface area contributed by atoms with Crippen molar-refractivity contribution in [2.75, 3.05) is 37.7 Å². The lowest BCUT2D eigenvalue weighted by atomic mass is 9.98. The molecule has 0 radical (unpaired) electrons. The second kappa shape index (κ2) is 10.0. The molecule has 0 saturated carbocycles. The van der Waals surface area contributed by atoms with Crippen LogP contribution in [0.25, 0.3) is 0 Å². The number of nitrogens with two attached hydrogens (primary N) is 1. The predicted octanol–water partition coefficient (Wildman–Crippen LogP) is 2.41. The van der Waals surface area contributed by atoms with Crippen molar-refractivity contribution >= 4 is 27.6 Å². The highest BCUT2D eigenvalue weighted by Crippen LogP contribution is 2.29. The molecule has 2 aromatic rings. The number of carbonyl (C=O) groups excluding carboxylic acids is 1. The van der Waals surface area contributed by atoms with Crippen molar-refractivity contribution in [1.29, 1.82) is 0 Å². The van der Waals surface area contributed by atoms with E-state index < -0.39 is 10.0 Å². The normalized spacial score (nSPS) is 19.2. The van der Waals surface area contributed by atoms with Gasteiger partial charge in [0.1, 0.15) is 17.4 Å². The molecular weight excluding hydrogens is 454 g/mol. The van der Waals surface area contributed by atoms with Crippen LogP contribution >= 0.6 is 0 Å². The summed E-state index contributed by atoms with van der Waals surface area (Å²) < 4.78 is 33.5. The summed E-state index contributed by atoms with van der Waals surface area (Å²) in [6.45, 7) is 7.42. The lowest BCUT2D eigenvalue weighted by molar-refractivity contribution is 0.0772. The summed E-state index contributed by atoms with van der Waals surface area (Å²) in [6, 6.07) is 9.07. The Hall–Kier alpha value is -3.14. The van der Waals surface area contributed by atoms with Gasteiger partial charge in [-0.1, -0.05) is 12.1 Å². The van der Waals surface area contributed by atoms with E-state index in [0.29, 0.717) is 42.1 Å². The first-order valence-corrected chi connectivity index (χ1v) is 13.3. The van der Waals surface area contributed by atoms with Gasteiger partial charge >= 0.3 is 0 Å². The van der Waals surface area contributed by atoms with Crippen molar-refractivity contribution in [3.8, 4) is 5.75 Å². The maximum absolute atomic E-state index is 12.5. The molecule has 182 valence electrons. The largest absolute Gasteiger partial charge is 0.492 e. The van der Waals surface area contributed by atoms with Crippen LogP contribution in [0.2, 0.25) is 0 Å². The lowest BCUT2D eigenvalue weighted by Gasteiger charge is -2.33. The fourth-order valence-corrected chi connectivity index (χ4v) is 5.63. The Morgan fingerprint density at radius 3 is 2.74 bits per heavy atom. The molecule has 2 N–H and O–H groups in total. The van der Waals surface area contributed by atoms with Gasteiger partial charge in [-0.2, -0.15) is 0 Å². The third-order valence-electron chi connectivity index (χ3n) is 6.31. The monoisotopic (exact) mass is 485 g/mol. The Balaban J connectivity index is 1.41. The van der Waals surface area contributed by atoms with Crippen molar-refractivity contribution in [2.24, 2.45) is 16.0 Å². The molecule has 1 atom stereocenters. The molecule has 1 saturated heterocycles. The molecule has 1 fully saturated rings. The van der Waals surface area contributed by atoms with Gasteiger partial charge in [-0.3, -0.25) is 4.79 Å². The SMILES string of the molecule is CCN(CC)C(=O)c1ccc(N2CCC[C@H](COc3cccc4c3C(N)=NS(=O)(=O)C4)C2)nc1. The van der Waals surface area contributed by atoms with E-state index in [2.05, 4.69) is 14.3 Å². The fourth-order valence-electron chi connectivity index (χ4n) is 4.54. The molecule has 10 heteroatoms. The van der Waals surface area contributed by atoms with Gasteiger partial charge in [-0.05, 0) is 50.5 Å². The quantitative estimate of drug-likeness (QED) is 0.640. The summed E-state index contributed by atoms with van der Waals surface area (Å²) in [7, 11) is -3.58. The molecule has 2 aliphatic rings. The molecule has 0 aliphatic carbocycles. The number of carbonyl (C=O) groups is 1. The molecule has 1 aromatic carbocycles. The topological polar surface area (TPSA) is 118 Å². The second-order valence-electron chi connectivity index (χ2n) is 8.64. The molecule has 0 spiro atoms. The summed E-state index contributed by atoms with van der Waals surface area (Å²) >= 11 is 0. The fraction of sp³-hybridized carbons (Fsp3) is 0.458. The number of amides is 1. The van der Waals surface area contributed by atoms with Gasteiger partial charge in [0.15, 0.2) is 0 Å². The number of amidine groups is 1. The van der Waals surface area contributed by atoms with E-state index >= 15 is 0 Å². The average molecular weight is 486 g/mol. The van der Waals surface area contributed by atoms with E-state index in [1.54, 1.807) is 29.3 Å². The third-order valence-corrected chi connectivity index (χ3v) is 7.46. The van der Waals surface area contributed by atoms with Crippen molar-refractivity contribution in [3.05, 3.63) is 53.2 Å². The number of benzene rings is 1. The molecule has 3 heterocycles. The van der Waals surface area contributed by atoms with Crippen molar-refractivity contribution in [1.82, 2.24) is 9.88 Å². The molecule has 1 aromatic heterocycles. The summed E-state index contributed by atoms with van der Waals surface area (Å²) in [5.74, 6) is 1.48. The van der Waals surface area contributed by atoms with Crippen LogP contribution in [0.5, 0.6) is 5.75 Å². The highest BCUT2D eigenvalue weighted by atomic mass is 32.2. The first-order valence-electron chi connectivity index (χ1n) is 11.6. The maximum atomic E-state index is 12.5. The van der Waals surface area contributed by atoms with Crippen LogP contribution in [0.15, 0.2) is 40.9 Å². The van der Waals surface area contributed by atoms with Crippen LogP contribution < -0.4 is 15.4 Å². The molecular formula is C24H31N5O4S. The molecule has 0 unspecified atom stereocenters.